The summed E-state index contributed by atoms with van der Waals surface area (Å²) in [4.78, 5) is 2.04. The molecular formula is C11H22N2O2S. The fourth-order valence-corrected chi connectivity index (χ4v) is 1.91. The van der Waals surface area contributed by atoms with Crippen molar-refractivity contribution in [2.75, 3.05) is 40.5 Å². The summed E-state index contributed by atoms with van der Waals surface area (Å²) in [7, 11) is 3.68. The Balaban J connectivity index is 2.16. The molecule has 1 heterocycles. The summed E-state index contributed by atoms with van der Waals surface area (Å²) in [5.74, 6) is 0. The molecule has 5 heteroatoms. The average molecular weight is 246 g/mol. The molecule has 1 fully saturated rings. The van der Waals surface area contributed by atoms with E-state index in [9.17, 15) is 0 Å². The van der Waals surface area contributed by atoms with Gasteiger partial charge >= 0.3 is 0 Å². The van der Waals surface area contributed by atoms with E-state index in [0.717, 1.165) is 31.2 Å². The van der Waals surface area contributed by atoms with E-state index >= 15 is 0 Å². The van der Waals surface area contributed by atoms with Crippen LogP contribution in [0.25, 0.3) is 0 Å². The molecule has 0 aromatic rings. The van der Waals surface area contributed by atoms with Gasteiger partial charge in [-0.15, -0.1) is 0 Å². The zero-order chi connectivity index (χ0) is 11.8. The number of hydrogen-bond donors (Lipinski definition) is 1. The smallest absolute Gasteiger partial charge is 0.168 e. The van der Waals surface area contributed by atoms with Crippen molar-refractivity contribution in [3.05, 3.63) is 0 Å². The van der Waals surface area contributed by atoms with Crippen LogP contribution in [0.3, 0.4) is 0 Å². The highest BCUT2D eigenvalue weighted by atomic mass is 32.1. The van der Waals surface area contributed by atoms with Gasteiger partial charge in [-0.05, 0) is 31.5 Å². The molecule has 0 spiro atoms. The molecule has 1 rings (SSSR count). The lowest BCUT2D eigenvalue weighted by Crippen LogP contribution is -2.43. The van der Waals surface area contributed by atoms with Crippen LogP contribution in [0.1, 0.15) is 19.3 Å². The van der Waals surface area contributed by atoms with Crippen molar-refractivity contribution in [1.82, 2.24) is 10.2 Å². The molecule has 0 saturated carbocycles. The van der Waals surface area contributed by atoms with Crippen LogP contribution in [0, 0.1) is 0 Å². The zero-order valence-electron chi connectivity index (χ0n) is 10.2. The van der Waals surface area contributed by atoms with Crippen molar-refractivity contribution >= 4 is 17.3 Å². The number of nitrogens with one attached hydrogen (secondary N) is 1. The second kappa shape index (κ2) is 7.81. The quantitative estimate of drug-likeness (QED) is 0.578. The van der Waals surface area contributed by atoms with Gasteiger partial charge in [0.15, 0.2) is 5.11 Å². The number of methoxy groups -OCH3 is 1. The Morgan fingerprint density at radius 1 is 1.56 bits per heavy atom. The first-order chi connectivity index (χ1) is 7.74. The van der Waals surface area contributed by atoms with Crippen molar-refractivity contribution in [3.63, 3.8) is 0 Å². The third-order valence-corrected chi connectivity index (χ3v) is 3.14. The van der Waals surface area contributed by atoms with E-state index in [1.807, 2.05) is 11.9 Å². The van der Waals surface area contributed by atoms with Gasteiger partial charge in [0.25, 0.3) is 0 Å². The van der Waals surface area contributed by atoms with Crippen molar-refractivity contribution in [1.29, 1.82) is 0 Å². The van der Waals surface area contributed by atoms with Crippen LogP contribution in [0.15, 0.2) is 0 Å². The molecule has 4 nitrogen and oxygen atoms in total. The van der Waals surface area contributed by atoms with Gasteiger partial charge in [0.1, 0.15) is 0 Å². The molecule has 0 amide bonds. The Morgan fingerprint density at radius 2 is 2.38 bits per heavy atom. The fourth-order valence-electron chi connectivity index (χ4n) is 1.73. The minimum atomic E-state index is 0.334. The normalized spacial score (nSPS) is 20.5. The largest absolute Gasteiger partial charge is 0.383 e. The van der Waals surface area contributed by atoms with E-state index in [-0.39, 0.29) is 0 Å². The van der Waals surface area contributed by atoms with Crippen LogP contribution in [-0.2, 0) is 9.47 Å². The molecule has 1 atom stereocenters. The summed E-state index contributed by atoms with van der Waals surface area (Å²) >= 11 is 5.26. The number of ether oxygens (including phenoxy) is 2. The third kappa shape index (κ3) is 5.09. The highest BCUT2D eigenvalue weighted by Gasteiger charge is 2.16. The summed E-state index contributed by atoms with van der Waals surface area (Å²) in [6.45, 7) is 3.19. The zero-order valence-corrected chi connectivity index (χ0v) is 11.0. The lowest BCUT2D eigenvalue weighted by Gasteiger charge is -2.29. The van der Waals surface area contributed by atoms with Crippen molar-refractivity contribution < 1.29 is 9.47 Å². The molecule has 1 aliphatic heterocycles. The van der Waals surface area contributed by atoms with Crippen LogP contribution in [0.2, 0.25) is 0 Å². The molecule has 0 aromatic carbocycles. The van der Waals surface area contributed by atoms with E-state index < -0.39 is 0 Å². The van der Waals surface area contributed by atoms with Crippen LogP contribution in [0.5, 0.6) is 0 Å². The maximum atomic E-state index is 5.67. The van der Waals surface area contributed by atoms with Gasteiger partial charge in [0, 0.05) is 33.9 Å². The van der Waals surface area contributed by atoms with Crippen LogP contribution >= 0.6 is 12.2 Å². The summed E-state index contributed by atoms with van der Waals surface area (Å²) in [5.41, 5.74) is 0. The molecule has 1 N–H and O–H groups in total. The number of thiocarbonyl (C=S) groups is 1. The Labute approximate surface area is 103 Å². The van der Waals surface area contributed by atoms with Crippen LogP contribution in [-0.4, -0.2) is 56.6 Å². The lowest BCUT2D eigenvalue weighted by molar-refractivity contribution is 0.00705. The van der Waals surface area contributed by atoms with Gasteiger partial charge in [-0.2, -0.15) is 0 Å². The Hall–Kier alpha value is -0.390. The summed E-state index contributed by atoms with van der Waals surface area (Å²) < 4.78 is 10.6. The van der Waals surface area contributed by atoms with Gasteiger partial charge in [0.2, 0.25) is 0 Å². The summed E-state index contributed by atoms with van der Waals surface area (Å²) in [6, 6.07) is 0. The first kappa shape index (κ1) is 13.7. The van der Waals surface area contributed by atoms with E-state index in [1.54, 1.807) is 7.11 Å². The monoisotopic (exact) mass is 246 g/mol. The van der Waals surface area contributed by atoms with E-state index in [0.29, 0.717) is 12.7 Å². The molecule has 16 heavy (non-hydrogen) atoms. The molecule has 0 bridgehead atoms. The van der Waals surface area contributed by atoms with Crippen LogP contribution < -0.4 is 5.32 Å². The molecular weight excluding hydrogens is 224 g/mol. The first-order valence-corrected chi connectivity index (χ1v) is 6.24. The SMILES string of the molecule is COCCNC(=S)N(C)CC1CCCCO1. The molecule has 0 radical (unpaired) electrons. The Kier molecular flexibility index (Phi) is 6.68. The topological polar surface area (TPSA) is 33.7 Å². The number of rotatable bonds is 5. The van der Waals surface area contributed by atoms with Gasteiger partial charge in [0.05, 0.1) is 12.7 Å². The van der Waals surface area contributed by atoms with Gasteiger partial charge < -0.3 is 19.7 Å². The van der Waals surface area contributed by atoms with Crippen molar-refractivity contribution in [3.8, 4) is 0 Å². The van der Waals surface area contributed by atoms with Crippen molar-refractivity contribution in [2.45, 2.75) is 25.4 Å². The predicted octanol–water partition coefficient (Wildman–Crippen LogP) is 1.01. The maximum absolute atomic E-state index is 5.67. The lowest BCUT2D eigenvalue weighted by atomic mass is 10.1. The third-order valence-electron chi connectivity index (χ3n) is 2.68. The van der Waals surface area contributed by atoms with E-state index in [4.69, 9.17) is 21.7 Å². The maximum Gasteiger partial charge on any atom is 0.168 e. The predicted molar refractivity (Wildman–Crippen MR) is 68.7 cm³/mol. The van der Waals surface area contributed by atoms with Crippen molar-refractivity contribution in [2.24, 2.45) is 0 Å². The van der Waals surface area contributed by atoms with E-state index in [2.05, 4.69) is 5.32 Å². The number of hydrogen-bond acceptors (Lipinski definition) is 3. The first-order valence-electron chi connectivity index (χ1n) is 5.83. The minimum absolute atomic E-state index is 0.334. The average Bonchev–Trinajstić information content (AvgIpc) is 2.30. The highest BCUT2D eigenvalue weighted by molar-refractivity contribution is 7.80. The van der Waals surface area contributed by atoms with Crippen LogP contribution in [0.4, 0.5) is 0 Å². The Morgan fingerprint density at radius 3 is 3.00 bits per heavy atom. The second-order valence-electron chi connectivity index (χ2n) is 4.09. The molecule has 94 valence electrons. The molecule has 0 aliphatic carbocycles. The highest BCUT2D eigenvalue weighted by Crippen LogP contribution is 2.13. The molecule has 1 aliphatic rings. The van der Waals surface area contributed by atoms with Gasteiger partial charge in [-0.3, -0.25) is 0 Å². The second-order valence-corrected chi connectivity index (χ2v) is 4.48. The minimum Gasteiger partial charge on any atom is -0.383 e. The Bertz CT molecular complexity index is 208. The fraction of sp³-hybridized carbons (Fsp3) is 0.909. The van der Waals surface area contributed by atoms with Gasteiger partial charge in [-0.1, -0.05) is 0 Å². The number of likely N-dealkylation sites (N-methyl/N-ethyl adjacent to an activating group) is 1. The summed E-state index contributed by atoms with van der Waals surface area (Å²) in [6.07, 6.45) is 3.94. The molecule has 0 aromatic heterocycles. The van der Waals surface area contributed by atoms with Gasteiger partial charge in [-0.25, -0.2) is 0 Å². The molecule has 1 saturated heterocycles. The number of nitrogens with zero attached hydrogens (tertiary/aromatic N) is 1. The molecule has 1 unspecified atom stereocenters. The van der Waals surface area contributed by atoms with E-state index in [1.165, 1.54) is 12.8 Å². The summed E-state index contributed by atoms with van der Waals surface area (Å²) in [5, 5.41) is 3.92. The standard InChI is InChI=1S/C11H22N2O2S/c1-13(11(16)12-6-8-14-2)9-10-5-3-4-7-15-10/h10H,3-9H2,1-2H3,(H,12,16).